The Hall–Kier alpha value is -1.78. The van der Waals surface area contributed by atoms with Gasteiger partial charge in [-0.15, -0.1) is 12.4 Å². The number of anilines is 1. The average molecular weight is 535 g/mol. The van der Waals surface area contributed by atoms with Gasteiger partial charge >= 0.3 is 0 Å². The summed E-state index contributed by atoms with van der Waals surface area (Å²) in [6.45, 7) is 3.10. The molecule has 0 radical (unpaired) electrons. The van der Waals surface area contributed by atoms with E-state index in [1.165, 1.54) is 23.5 Å². The molecule has 0 unspecified atom stereocenters. The molecule has 0 N–H and O–H groups in total. The SMILES string of the molecule is Cc1cc(Cl)cc2sc(N(CCCN(C)C)C(=O)CCS(=O)(=O)c3ccc(F)cc3)nc12.Cl. The Bertz CT molecular complexity index is 1220. The van der Waals surface area contributed by atoms with Crippen LogP contribution in [0.5, 0.6) is 0 Å². The number of fused-ring (bicyclic) bond motifs is 1. The number of sulfone groups is 1. The zero-order chi connectivity index (χ0) is 23.5. The van der Waals surface area contributed by atoms with Crippen molar-refractivity contribution >= 4 is 66.4 Å². The van der Waals surface area contributed by atoms with Crippen molar-refractivity contribution in [2.75, 3.05) is 37.8 Å². The summed E-state index contributed by atoms with van der Waals surface area (Å²) in [6, 6.07) is 8.25. The number of benzene rings is 2. The molecule has 6 nitrogen and oxygen atoms in total. The Kier molecular flexibility index (Phi) is 9.63. The quantitative estimate of drug-likeness (QED) is 0.363. The Labute approximate surface area is 208 Å². The lowest BCUT2D eigenvalue weighted by molar-refractivity contribution is -0.118. The van der Waals surface area contributed by atoms with Gasteiger partial charge in [-0.2, -0.15) is 0 Å². The predicted octanol–water partition coefficient (Wildman–Crippen LogP) is 4.97. The van der Waals surface area contributed by atoms with Crippen LogP contribution in [0.4, 0.5) is 9.52 Å². The summed E-state index contributed by atoms with van der Waals surface area (Å²) in [5, 5.41) is 1.12. The normalized spacial score (nSPS) is 11.6. The number of amides is 1. The Morgan fingerprint density at radius 2 is 1.82 bits per heavy atom. The van der Waals surface area contributed by atoms with Crippen LogP contribution in [0.15, 0.2) is 41.3 Å². The summed E-state index contributed by atoms with van der Waals surface area (Å²) in [7, 11) is 0.182. The predicted molar refractivity (Wildman–Crippen MR) is 135 cm³/mol. The maximum atomic E-state index is 13.1. The van der Waals surface area contributed by atoms with Crippen molar-refractivity contribution in [1.82, 2.24) is 9.88 Å². The third-order valence-electron chi connectivity index (χ3n) is 4.92. The highest BCUT2D eigenvalue weighted by atomic mass is 35.5. The van der Waals surface area contributed by atoms with E-state index in [4.69, 9.17) is 11.6 Å². The highest BCUT2D eigenvalue weighted by molar-refractivity contribution is 7.91. The minimum Gasteiger partial charge on any atom is -0.309 e. The first-order chi connectivity index (χ1) is 15.1. The van der Waals surface area contributed by atoms with Crippen LogP contribution in [0.3, 0.4) is 0 Å². The molecule has 3 aromatic rings. The van der Waals surface area contributed by atoms with Gasteiger partial charge in [-0.05, 0) is 75.9 Å². The summed E-state index contributed by atoms with van der Waals surface area (Å²) in [6.07, 6.45) is 0.510. The van der Waals surface area contributed by atoms with Gasteiger partial charge in [0.15, 0.2) is 15.0 Å². The lowest BCUT2D eigenvalue weighted by atomic mass is 10.2. The Morgan fingerprint density at radius 1 is 1.15 bits per heavy atom. The second-order valence-corrected chi connectivity index (χ2v) is 11.3. The first-order valence-electron chi connectivity index (χ1n) is 10.1. The van der Waals surface area contributed by atoms with Gasteiger partial charge in [0.25, 0.3) is 0 Å². The van der Waals surface area contributed by atoms with E-state index in [2.05, 4.69) is 4.98 Å². The van der Waals surface area contributed by atoms with Gasteiger partial charge in [0, 0.05) is 18.0 Å². The second kappa shape index (κ2) is 11.6. The molecule has 0 bridgehead atoms. The summed E-state index contributed by atoms with van der Waals surface area (Å²) in [5.74, 6) is -1.20. The molecule has 0 fully saturated rings. The number of rotatable bonds is 9. The third-order valence-corrected chi connectivity index (χ3v) is 7.89. The molecule has 0 saturated carbocycles. The van der Waals surface area contributed by atoms with Crippen LogP contribution in [0.1, 0.15) is 18.4 Å². The summed E-state index contributed by atoms with van der Waals surface area (Å²) >= 11 is 7.52. The number of aromatic nitrogens is 1. The van der Waals surface area contributed by atoms with Gasteiger partial charge in [0.05, 0.1) is 20.9 Å². The molecule has 33 heavy (non-hydrogen) atoms. The minimum atomic E-state index is -3.72. The molecule has 1 amide bonds. The number of thiazole rings is 1. The average Bonchev–Trinajstić information content (AvgIpc) is 3.13. The largest absolute Gasteiger partial charge is 0.309 e. The molecule has 11 heteroatoms. The van der Waals surface area contributed by atoms with Crippen molar-refractivity contribution in [2.45, 2.75) is 24.7 Å². The van der Waals surface area contributed by atoms with E-state index < -0.39 is 15.7 Å². The molecule has 3 rings (SSSR count). The van der Waals surface area contributed by atoms with Crippen LogP contribution in [0.25, 0.3) is 10.2 Å². The highest BCUT2D eigenvalue weighted by Gasteiger charge is 2.23. The minimum absolute atomic E-state index is 0. The number of hydrogen-bond donors (Lipinski definition) is 0. The number of nitrogens with zero attached hydrogens (tertiary/aromatic N) is 3. The molecule has 0 aliphatic rings. The fourth-order valence-electron chi connectivity index (χ4n) is 3.25. The maximum Gasteiger partial charge on any atom is 0.229 e. The Balaban J connectivity index is 0.00000385. The van der Waals surface area contributed by atoms with Crippen molar-refractivity contribution in [1.29, 1.82) is 0 Å². The van der Waals surface area contributed by atoms with Crippen molar-refractivity contribution < 1.29 is 17.6 Å². The van der Waals surface area contributed by atoms with E-state index >= 15 is 0 Å². The molecule has 0 aliphatic heterocycles. The second-order valence-electron chi connectivity index (χ2n) is 7.79. The lowest BCUT2D eigenvalue weighted by Gasteiger charge is -2.21. The van der Waals surface area contributed by atoms with Crippen molar-refractivity contribution in [3.63, 3.8) is 0 Å². The highest BCUT2D eigenvalue weighted by Crippen LogP contribution is 2.33. The summed E-state index contributed by atoms with van der Waals surface area (Å²) < 4.78 is 39.2. The fraction of sp³-hybridized carbons (Fsp3) is 0.364. The van der Waals surface area contributed by atoms with E-state index in [0.717, 1.165) is 34.5 Å². The smallest absolute Gasteiger partial charge is 0.229 e. The first-order valence-corrected chi connectivity index (χ1v) is 12.9. The van der Waals surface area contributed by atoms with Crippen molar-refractivity contribution in [3.8, 4) is 0 Å². The van der Waals surface area contributed by atoms with Crippen LogP contribution < -0.4 is 4.90 Å². The van der Waals surface area contributed by atoms with Crippen molar-refractivity contribution in [3.05, 3.63) is 52.8 Å². The molecule has 0 atom stereocenters. The van der Waals surface area contributed by atoms with Gasteiger partial charge in [0.1, 0.15) is 5.82 Å². The molecule has 1 heterocycles. The Morgan fingerprint density at radius 3 is 2.45 bits per heavy atom. The van der Waals surface area contributed by atoms with Gasteiger partial charge in [-0.1, -0.05) is 22.9 Å². The number of halogens is 3. The molecule has 0 aliphatic carbocycles. The molecule has 180 valence electrons. The summed E-state index contributed by atoms with van der Waals surface area (Å²) in [5.41, 5.74) is 1.69. The fourth-order valence-corrected chi connectivity index (χ4v) is 5.94. The monoisotopic (exact) mass is 533 g/mol. The van der Waals surface area contributed by atoms with Crippen LogP contribution in [0.2, 0.25) is 5.02 Å². The number of hydrogen-bond acceptors (Lipinski definition) is 6. The van der Waals surface area contributed by atoms with E-state index in [0.29, 0.717) is 23.1 Å². The zero-order valence-electron chi connectivity index (χ0n) is 18.5. The first kappa shape index (κ1) is 27.5. The van der Waals surface area contributed by atoms with E-state index in [-0.39, 0.29) is 35.4 Å². The van der Waals surface area contributed by atoms with Gasteiger partial charge in [-0.25, -0.2) is 17.8 Å². The number of carbonyl (C=O) groups excluding carboxylic acids is 1. The lowest BCUT2D eigenvalue weighted by Crippen LogP contribution is -2.34. The molecule has 0 spiro atoms. The molecular formula is C22H26Cl2FN3O3S2. The summed E-state index contributed by atoms with van der Waals surface area (Å²) in [4.78, 5) is 21.3. The van der Waals surface area contributed by atoms with Gasteiger partial charge in [-0.3, -0.25) is 9.69 Å². The van der Waals surface area contributed by atoms with E-state index in [1.54, 1.807) is 4.90 Å². The molecule has 2 aromatic carbocycles. The molecule has 1 aromatic heterocycles. The maximum absolute atomic E-state index is 13.1. The molecule has 0 saturated heterocycles. The van der Waals surface area contributed by atoms with E-state index in [9.17, 15) is 17.6 Å². The molecular weight excluding hydrogens is 508 g/mol. The van der Waals surface area contributed by atoms with Crippen LogP contribution >= 0.6 is 35.3 Å². The van der Waals surface area contributed by atoms with Crippen LogP contribution in [0, 0.1) is 12.7 Å². The third kappa shape index (κ3) is 7.10. The van der Waals surface area contributed by atoms with E-state index in [1.807, 2.05) is 38.1 Å². The topological polar surface area (TPSA) is 70.6 Å². The zero-order valence-corrected chi connectivity index (χ0v) is 21.8. The standard InChI is InChI=1S/C22H25ClFN3O3S2.ClH/c1-15-13-16(23)14-19-21(15)25-22(31-19)27(11-4-10-26(2)3)20(28)9-12-32(29,30)18-7-5-17(24)6-8-18;/h5-8,13-14H,4,9-12H2,1-3H3;1H. The van der Waals surface area contributed by atoms with Crippen molar-refractivity contribution in [2.24, 2.45) is 0 Å². The van der Waals surface area contributed by atoms with Gasteiger partial charge in [0.2, 0.25) is 5.91 Å². The van der Waals surface area contributed by atoms with Gasteiger partial charge < -0.3 is 4.90 Å². The van der Waals surface area contributed by atoms with Crippen LogP contribution in [-0.4, -0.2) is 57.1 Å². The van der Waals surface area contributed by atoms with Crippen LogP contribution in [-0.2, 0) is 14.6 Å². The number of carbonyl (C=O) groups is 1. The number of aryl methyl sites for hydroxylation is 1.